The SMILES string of the molecule is NC1(C(=O)Nc2ccc(C3(C(=O)O)CC3)cc2)CCC1. The number of carbonyl (C=O) groups is 2. The zero-order valence-electron chi connectivity index (χ0n) is 11.2. The van der Waals surface area contributed by atoms with Crippen LogP contribution in [0.15, 0.2) is 24.3 Å². The summed E-state index contributed by atoms with van der Waals surface area (Å²) < 4.78 is 0. The zero-order chi connectivity index (χ0) is 14.4. The quantitative estimate of drug-likeness (QED) is 0.778. The maximum absolute atomic E-state index is 12.0. The van der Waals surface area contributed by atoms with Crippen molar-refractivity contribution in [3.05, 3.63) is 29.8 Å². The fraction of sp³-hybridized carbons (Fsp3) is 0.467. The number of benzene rings is 1. The van der Waals surface area contributed by atoms with E-state index in [0.29, 0.717) is 18.5 Å². The molecule has 0 aliphatic heterocycles. The van der Waals surface area contributed by atoms with Gasteiger partial charge in [-0.2, -0.15) is 0 Å². The number of nitrogens with two attached hydrogens (primary N) is 1. The van der Waals surface area contributed by atoms with Crippen LogP contribution in [-0.2, 0) is 15.0 Å². The van der Waals surface area contributed by atoms with Crippen molar-refractivity contribution < 1.29 is 14.7 Å². The van der Waals surface area contributed by atoms with Crippen molar-refractivity contribution >= 4 is 17.6 Å². The molecule has 4 N–H and O–H groups in total. The molecule has 5 nitrogen and oxygen atoms in total. The molecule has 0 atom stereocenters. The molecule has 0 heterocycles. The number of hydrogen-bond acceptors (Lipinski definition) is 3. The maximum atomic E-state index is 12.0. The Morgan fingerprint density at radius 3 is 2.10 bits per heavy atom. The Bertz CT molecular complexity index is 557. The number of carbonyl (C=O) groups excluding carboxylic acids is 1. The Labute approximate surface area is 117 Å². The van der Waals surface area contributed by atoms with Crippen molar-refractivity contribution in [1.82, 2.24) is 0 Å². The second kappa shape index (κ2) is 4.31. The van der Waals surface area contributed by atoms with Gasteiger partial charge in [0.15, 0.2) is 0 Å². The lowest BCUT2D eigenvalue weighted by atomic mass is 9.77. The van der Waals surface area contributed by atoms with Crippen LogP contribution in [-0.4, -0.2) is 22.5 Å². The van der Waals surface area contributed by atoms with Gasteiger partial charge in [-0.3, -0.25) is 9.59 Å². The molecule has 1 aromatic carbocycles. The van der Waals surface area contributed by atoms with Crippen molar-refractivity contribution in [2.24, 2.45) is 5.73 Å². The third kappa shape index (κ3) is 1.98. The van der Waals surface area contributed by atoms with Gasteiger partial charge in [-0.25, -0.2) is 0 Å². The van der Waals surface area contributed by atoms with Crippen LogP contribution in [0, 0.1) is 0 Å². The summed E-state index contributed by atoms with van der Waals surface area (Å²) in [6, 6.07) is 7.05. The van der Waals surface area contributed by atoms with Crippen molar-refractivity contribution in [3.63, 3.8) is 0 Å². The summed E-state index contributed by atoms with van der Waals surface area (Å²) in [6.07, 6.45) is 3.79. The molecule has 1 aromatic rings. The topological polar surface area (TPSA) is 92.4 Å². The molecule has 0 spiro atoms. The lowest BCUT2D eigenvalue weighted by molar-refractivity contribution is -0.140. The number of aliphatic carboxylic acids is 1. The number of anilines is 1. The van der Waals surface area contributed by atoms with Gasteiger partial charge < -0.3 is 16.2 Å². The van der Waals surface area contributed by atoms with E-state index < -0.39 is 16.9 Å². The highest BCUT2D eigenvalue weighted by molar-refractivity contribution is 5.98. The molecule has 2 aliphatic rings. The van der Waals surface area contributed by atoms with Crippen molar-refractivity contribution in [1.29, 1.82) is 0 Å². The van der Waals surface area contributed by atoms with Crippen LogP contribution < -0.4 is 11.1 Å². The van der Waals surface area contributed by atoms with Crippen LogP contribution >= 0.6 is 0 Å². The third-order valence-electron chi connectivity index (χ3n) is 4.55. The molecule has 2 saturated carbocycles. The first kappa shape index (κ1) is 13.1. The monoisotopic (exact) mass is 274 g/mol. The lowest BCUT2D eigenvalue weighted by Crippen LogP contribution is -2.56. The van der Waals surface area contributed by atoms with Gasteiger partial charge in [0.05, 0.1) is 11.0 Å². The highest BCUT2D eigenvalue weighted by Crippen LogP contribution is 2.48. The van der Waals surface area contributed by atoms with E-state index in [4.69, 9.17) is 5.73 Å². The number of carboxylic acids is 1. The summed E-state index contributed by atoms with van der Waals surface area (Å²) in [4.78, 5) is 23.2. The molecule has 0 unspecified atom stereocenters. The maximum Gasteiger partial charge on any atom is 0.314 e. The van der Waals surface area contributed by atoms with E-state index in [1.54, 1.807) is 24.3 Å². The highest BCUT2D eigenvalue weighted by atomic mass is 16.4. The smallest absolute Gasteiger partial charge is 0.314 e. The van der Waals surface area contributed by atoms with Crippen molar-refractivity contribution in [3.8, 4) is 0 Å². The average Bonchev–Trinajstić information content (AvgIpc) is 3.18. The summed E-state index contributed by atoms with van der Waals surface area (Å²) in [5.74, 6) is -0.930. The standard InChI is InChI=1S/C15H18N2O3/c16-15(6-1-7-15)12(18)17-11-4-2-10(3-5-11)14(8-9-14)13(19)20/h2-5H,1,6-9,16H2,(H,17,18)(H,19,20). The fourth-order valence-corrected chi connectivity index (χ4v) is 2.66. The minimum Gasteiger partial charge on any atom is -0.481 e. The van der Waals surface area contributed by atoms with Gasteiger partial charge in [0.25, 0.3) is 0 Å². The van der Waals surface area contributed by atoms with Crippen LogP contribution in [0.3, 0.4) is 0 Å². The summed E-state index contributed by atoms with van der Waals surface area (Å²) in [6.45, 7) is 0. The second-order valence-corrected chi connectivity index (χ2v) is 5.93. The molecule has 2 aliphatic carbocycles. The predicted molar refractivity (Wildman–Crippen MR) is 74.4 cm³/mol. The van der Waals surface area contributed by atoms with E-state index in [-0.39, 0.29) is 5.91 Å². The summed E-state index contributed by atoms with van der Waals surface area (Å²) in [7, 11) is 0. The Morgan fingerprint density at radius 2 is 1.70 bits per heavy atom. The van der Waals surface area contributed by atoms with Gasteiger partial charge in [-0.05, 0) is 49.8 Å². The molecule has 0 saturated heterocycles. The van der Waals surface area contributed by atoms with E-state index in [2.05, 4.69) is 5.32 Å². The van der Waals surface area contributed by atoms with Gasteiger partial charge >= 0.3 is 5.97 Å². The van der Waals surface area contributed by atoms with Crippen molar-refractivity contribution in [2.75, 3.05) is 5.32 Å². The molecule has 106 valence electrons. The van der Waals surface area contributed by atoms with Gasteiger partial charge in [-0.15, -0.1) is 0 Å². The van der Waals surface area contributed by atoms with Gasteiger partial charge in [0.1, 0.15) is 0 Å². The van der Waals surface area contributed by atoms with Gasteiger partial charge in [-0.1, -0.05) is 12.1 Å². The summed E-state index contributed by atoms with van der Waals surface area (Å²) >= 11 is 0. The Balaban J connectivity index is 1.71. The van der Waals surface area contributed by atoms with E-state index in [9.17, 15) is 14.7 Å². The molecule has 2 fully saturated rings. The Morgan fingerprint density at radius 1 is 1.10 bits per heavy atom. The van der Waals surface area contributed by atoms with E-state index in [1.807, 2.05) is 0 Å². The largest absolute Gasteiger partial charge is 0.481 e. The first-order valence-electron chi connectivity index (χ1n) is 6.91. The number of nitrogens with one attached hydrogen (secondary N) is 1. The highest BCUT2D eigenvalue weighted by Gasteiger charge is 2.51. The fourth-order valence-electron chi connectivity index (χ4n) is 2.66. The number of rotatable bonds is 4. The predicted octanol–water partition coefficient (Wildman–Crippen LogP) is 1.62. The van der Waals surface area contributed by atoms with E-state index in [0.717, 1.165) is 24.8 Å². The normalized spacial score (nSPS) is 21.6. The summed E-state index contributed by atoms with van der Waals surface area (Å²) in [5.41, 5.74) is 5.99. The zero-order valence-corrected chi connectivity index (χ0v) is 11.2. The minimum atomic E-state index is -0.773. The van der Waals surface area contributed by atoms with Crippen LogP contribution in [0.1, 0.15) is 37.7 Å². The molecule has 0 radical (unpaired) electrons. The van der Waals surface area contributed by atoms with Crippen LogP contribution in [0.5, 0.6) is 0 Å². The molecule has 5 heteroatoms. The third-order valence-corrected chi connectivity index (χ3v) is 4.55. The minimum absolute atomic E-state index is 0.157. The number of carboxylic acid groups (broad SMARTS) is 1. The molecule has 0 bridgehead atoms. The molecule has 20 heavy (non-hydrogen) atoms. The molecular weight excluding hydrogens is 256 g/mol. The molecular formula is C15H18N2O3. The van der Waals surface area contributed by atoms with Gasteiger partial charge in [0.2, 0.25) is 5.91 Å². The Kier molecular flexibility index (Phi) is 2.83. The first-order chi connectivity index (χ1) is 9.46. The molecule has 3 rings (SSSR count). The van der Waals surface area contributed by atoms with Crippen LogP contribution in [0.2, 0.25) is 0 Å². The van der Waals surface area contributed by atoms with E-state index >= 15 is 0 Å². The van der Waals surface area contributed by atoms with E-state index in [1.165, 1.54) is 0 Å². The van der Waals surface area contributed by atoms with Crippen LogP contribution in [0.4, 0.5) is 5.69 Å². The molecule has 1 amide bonds. The van der Waals surface area contributed by atoms with Gasteiger partial charge in [0, 0.05) is 5.69 Å². The summed E-state index contributed by atoms with van der Waals surface area (Å²) in [5, 5.41) is 12.0. The first-order valence-corrected chi connectivity index (χ1v) is 6.91. The number of hydrogen-bond donors (Lipinski definition) is 3. The van der Waals surface area contributed by atoms with Crippen molar-refractivity contribution in [2.45, 2.75) is 43.1 Å². The lowest BCUT2D eigenvalue weighted by Gasteiger charge is -2.36. The second-order valence-electron chi connectivity index (χ2n) is 5.93. The molecule has 0 aromatic heterocycles. The number of amides is 1. The Hall–Kier alpha value is -1.88. The van der Waals surface area contributed by atoms with Crippen LogP contribution in [0.25, 0.3) is 0 Å². The average molecular weight is 274 g/mol.